The van der Waals surface area contributed by atoms with Crippen molar-refractivity contribution in [2.24, 2.45) is 0 Å². The second-order valence-corrected chi connectivity index (χ2v) is 6.55. The van der Waals surface area contributed by atoms with Gasteiger partial charge in [-0.1, -0.05) is 35.4 Å². The molecule has 0 saturated carbocycles. The van der Waals surface area contributed by atoms with E-state index in [1.165, 1.54) is 22.6 Å². The molecule has 0 heterocycles. The van der Waals surface area contributed by atoms with Gasteiger partial charge in [0.05, 0.1) is 0 Å². The fraction of sp³-hybridized carbons (Fsp3) is 0.294. The zero-order chi connectivity index (χ0) is 15.2. The van der Waals surface area contributed by atoms with Gasteiger partial charge in [-0.2, -0.15) is 0 Å². The minimum atomic E-state index is -0.293. The minimum Gasteiger partial charge on any atom is -0.316 e. The van der Waals surface area contributed by atoms with Crippen molar-refractivity contribution in [1.82, 2.24) is 5.32 Å². The summed E-state index contributed by atoms with van der Waals surface area (Å²) in [7, 11) is 1.94. The third-order valence-corrected chi connectivity index (χ3v) is 4.84. The molecule has 0 bridgehead atoms. The smallest absolute Gasteiger partial charge is 0.124 e. The molecule has 2 rings (SSSR count). The molecular weight excluding hydrogens is 305 g/mol. The predicted octanol–water partition coefficient (Wildman–Crippen LogP) is 4.71. The molecule has 112 valence electrons. The van der Waals surface area contributed by atoms with Gasteiger partial charge in [-0.25, -0.2) is 4.39 Å². The standard InChI is InChI=1S/C17H19ClFNS/c1-12-4-3-5-16(8-12)21-11-15(20-2)9-13-6-7-14(19)10-17(13)18/h3-8,10,15,20H,9,11H2,1-2H3. The van der Waals surface area contributed by atoms with Gasteiger partial charge < -0.3 is 5.32 Å². The van der Waals surface area contributed by atoms with Gasteiger partial charge in [0.2, 0.25) is 0 Å². The highest BCUT2D eigenvalue weighted by Crippen LogP contribution is 2.23. The van der Waals surface area contributed by atoms with Crippen molar-refractivity contribution in [3.8, 4) is 0 Å². The van der Waals surface area contributed by atoms with Crippen molar-refractivity contribution < 1.29 is 4.39 Å². The Morgan fingerprint density at radius 2 is 2.05 bits per heavy atom. The Labute approximate surface area is 134 Å². The van der Waals surface area contributed by atoms with Crippen LogP contribution < -0.4 is 5.32 Å². The van der Waals surface area contributed by atoms with Gasteiger partial charge in [-0.15, -0.1) is 11.8 Å². The van der Waals surface area contributed by atoms with Crippen LogP contribution in [0.25, 0.3) is 0 Å². The topological polar surface area (TPSA) is 12.0 Å². The molecule has 2 aromatic carbocycles. The van der Waals surface area contributed by atoms with E-state index in [0.29, 0.717) is 11.1 Å². The highest BCUT2D eigenvalue weighted by Gasteiger charge is 2.11. The maximum Gasteiger partial charge on any atom is 0.124 e. The van der Waals surface area contributed by atoms with Crippen molar-refractivity contribution in [1.29, 1.82) is 0 Å². The summed E-state index contributed by atoms with van der Waals surface area (Å²) in [6.07, 6.45) is 0.786. The van der Waals surface area contributed by atoms with Gasteiger partial charge in [0.15, 0.2) is 0 Å². The molecule has 0 aromatic heterocycles. The van der Waals surface area contributed by atoms with Crippen molar-refractivity contribution >= 4 is 23.4 Å². The number of thioether (sulfide) groups is 1. The summed E-state index contributed by atoms with van der Waals surface area (Å²) in [6.45, 7) is 2.10. The lowest BCUT2D eigenvalue weighted by Gasteiger charge is -2.17. The van der Waals surface area contributed by atoms with E-state index >= 15 is 0 Å². The Morgan fingerprint density at radius 3 is 2.71 bits per heavy atom. The molecule has 1 N–H and O–H groups in total. The van der Waals surface area contributed by atoms with Crippen LogP contribution in [0.1, 0.15) is 11.1 Å². The van der Waals surface area contributed by atoms with Gasteiger partial charge in [0.25, 0.3) is 0 Å². The first-order chi connectivity index (χ1) is 10.1. The van der Waals surface area contributed by atoms with E-state index in [-0.39, 0.29) is 5.82 Å². The second kappa shape index (κ2) is 7.83. The second-order valence-electron chi connectivity index (χ2n) is 5.05. The van der Waals surface area contributed by atoms with E-state index in [0.717, 1.165) is 17.7 Å². The van der Waals surface area contributed by atoms with Gasteiger partial charge in [0, 0.05) is 21.7 Å². The molecule has 0 aliphatic carbocycles. The Balaban J connectivity index is 1.97. The van der Waals surface area contributed by atoms with Crippen LogP contribution in [0, 0.1) is 12.7 Å². The minimum absolute atomic E-state index is 0.290. The molecule has 0 aliphatic heterocycles. The first-order valence-corrected chi connectivity index (χ1v) is 8.25. The summed E-state index contributed by atoms with van der Waals surface area (Å²) >= 11 is 7.91. The maximum atomic E-state index is 13.1. The normalized spacial score (nSPS) is 12.4. The summed E-state index contributed by atoms with van der Waals surface area (Å²) in [4.78, 5) is 1.26. The average molecular weight is 324 g/mol. The zero-order valence-electron chi connectivity index (χ0n) is 12.2. The molecule has 4 heteroatoms. The van der Waals surface area contributed by atoms with Gasteiger partial charge in [-0.05, 0) is 50.2 Å². The lowest BCUT2D eigenvalue weighted by molar-refractivity contribution is 0.610. The third kappa shape index (κ3) is 5.03. The molecule has 1 atom stereocenters. The number of hydrogen-bond donors (Lipinski definition) is 1. The maximum absolute atomic E-state index is 13.1. The van der Waals surface area contributed by atoms with Crippen molar-refractivity contribution in [2.45, 2.75) is 24.3 Å². The van der Waals surface area contributed by atoms with Gasteiger partial charge in [0.1, 0.15) is 5.82 Å². The Bertz CT molecular complexity index is 603. The quantitative estimate of drug-likeness (QED) is 0.773. The Kier molecular flexibility index (Phi) is 6.09. The molecule has 0 aliphatic rings. The number of benzene rings is 2. The van der Waals surface area contributed by atoms with Crippen LogP contribution in [0.4, 0.5) is 4.39 Å². The van der Waals surface area contributed by atoms with Gasteiger partial charge >= 0.3 is 0 Å². The number of rotatable bonds is 6. The zero-order valence-corrected chi connectivity index (χ0v) is 13.8. The Morgan fingerprint density at radius 1 is 1.24 bits per heavy atom. The third-order valence-electron chi connectivity index (χ3n) is 3.33. The summed E-state index contributed by atoms with van der Waals surface area (Å²) in [5.74, 6) is 0.645. The lowest BCUT2D eigenvalue weighted by atomic mass is 10.1. The number of halogens is 2. The van der Waals surface area contributed by atoms with E-state index in [4.69, 9.17) is 11.6 Å². The fourth-order valence-electron chi connectivity index (χ4n) is 2.10. The average Bonchev–Trinajstić information content (AvgIpc) is 2.45. The highest BCUT2D eigenvalue weighted by atomic mass is 35.5. The van der Waals surface area contributed by atoms with E-state index in [9.17, 15) is 4.39 Å². The Hall–Kier alpha value is -1.03. The highest BCUT2D eigenvalue weighted by molar-refractivity contribution is 7.99. The van der Waals surface area contributed by atoms with Crippen molar-refractivity contribution in [3.63, 3.8) is 0 Å². The number of likely N-dealkylation sites (N-methyl/N-ethyl adjacent to an activating group) is 1. The molecule has 0 saturated heterocycles. The number of aryl methyl sites for hydroxylation is 1. The van der Waals surface area contributed by atoms with Gasteiger partial charge in [-0.3, -0.25) is 0 Å². The SMILES string of the molecule is CNC(CSc1cccc(C)c1)Cc1ccc(F)cc1Cl. The lowest BCUT2D eigenvalue weighted by Crippen LogP contribution is -2.30. The number of hydrogen-bond acceptors (Lipinski definition) is 2. The van der Waals surface area contributed by atoms with Crippen LogP contribution in [-0.4, -0.2) is 18.8 Å². The van der Waals surface area contributed by atoms with E-state index < -0.39 is 0 Å². The van der Waals surface area contributed by atoms with Crippen LogP contribution >= 0.6 is 23.4 Å². The first-order valence-electron chi connectivity index (χ1n) is 6.89. The molecule has 2 aromatic rings. The summed E-state index contributed by atoms with van der Waals surface area (Å²) in [5, 5.41) is 3.80. The largest absolute Gasteiger partial charge is 0.316 e. The predicted molar refractivity (Wildman–Crippen MR) is 89.9 cm³/mol. The van der Waals surface area contributed by atoms with Crippen LogP contribution in [-0.2, 0) is 6.42 Å². The van der Waals surface area contributed by atoms with E-state index in [1.807, 2.05) is 18.8 Å². The first kappa shape index (κ1) is 16.3. The number of nitrogens with one attached hydrogen (secondary N) is 1. The molecule has 0 spiro atoms. The summed E-state index contributed by atoms with van der Waals surface area (Å²) < 4.78 is 13.1. The molecule has 1 unspecified atom stereocenters. The molecule has 1 nitrogen and oxygen atoms in total. The molecular formula is C17H19ClFNS. The summed E-state index contributed by atoms with van der Waals surface area (Å²) in [6, 6.07) is 13.4. The summed E-state index contributed by atoms with van der Waals surface area (Å²) in [5.41, 5.74) is 2.24. The van der Waals surface area contributed by atoms with Crippen molar-refractivity contribution in [3.05, 3.63) is 64.4 Å². The van der Waals surface area contributed by atoms with E-state index in [1.54, 1.807) is 6.07 Å². The molecule has 0 fully saturated rings. The molecule has 21 heavy (non-hydrogen) atoms. The molecule has 0 amide bonds. The fourth-order valence-corrected chi connectivity index (χ4v) is 3.47. The van der Waals surface area contributed by atoms with Crippen LogP contribution in [0.5, 0.6) is 0 Å². The monoisotopic (exact) mass is 323 g/mol. The van der Waals surface area contributed by atoms with Crippen LogP contribution in [0.15, 0.2) is 47.4 Å². The van der Waals surface area contributed by atoms with Crippen LogP contribution in [0.3, 0.4) is 0 Å². The molecule has 0 radical (unpaired) electrons. The van der Waals surface area contributed by atoms with Crippen molar-refractivity contribution in [2.75, 3.05) is 12.8 Å². The van der Waals surface area contributed by atoms with E-state index in [2.05, 4.69) is 36.5 Å². The van der Waals surface area contributed by atoms with Crippen LogP contribution in [0.2, 0.25) is 5.02 Å².